The minimum absolute atomic E-state index is 0.0487. The normalized spacial score (nSPS) is 19.2. The van der Waals surface area contributed by atoms with E-state index < -0.39 is 5.60 Å². The fourth-order valence-electron chi connectivity index (χ4n) is 5.90. The van der Waals surface area contributed by atoms with Crippen LogP contribution in [0.2, 0.25) is 0 Å². The molecule has 2 fully saturated rings. The van der Waals surface area contributed by atoms with Gasteiger partial charge in [-0.25, -0.2) is 0 Å². The summed E-state index contributed by atoms with van der Waals surface area (Å²) in [5.74, 6) is -0.168. The fraction of sp³-hybridized carbons (Fsp3) is 0.483. The van der Waals surface area contributed by atoms with Crippen LogP contribution in [0.5, 0.6) is 0 Å². The Morgan fingerprint density at radius 2 is 1.60 bits per heavy atom. The minimum Gasteiger partial charge on any atom is -0.375 e. The number of piperidine rings is 1. The second-order valence-corrected chi connectivity index (χ2v) is 10.7. The standard InChI is InChI=1S/C29H36N3O3/c1-32(2,21-27(33)23-14-12-22(20-30)13-15-23)26-16-18-31(19-17-26)28(34)29(35,25-10-6-7-11-25)24-8-4-3-5-9-24/h3-5,8-9,12-15,25-26,35H,6-7,10-11,16-19,21H2,1-2H3/q+1. The van der Waals surface area contributed by atoms with Gasteiger partial charge < -0.3 is 14.5 Å². The van der Waals surface area contributed by atoms with Crippen LogP contribution in [0.4, 0.5) is 0 Å². The van der Waals surface area contributed by atoms with Gasteiger partial charge in [0, 0.05) is 37.4 Å². The molecule has 35 heavy (non-hydrogen) atoms. The van der Waals surface area contributed by atoms with E-state index >= 15 is 0 Å². The molecule has 1 atom stereocenters. The van der Waals surface area contributed by atoms with Crippen LogP contribution in [0.25, 0.3) is 0 Å². The zero-order valence-corrected chi connectivity index (χ0v) is 20.8. The van der Waals surface area contributed by atoms with Crippen LogP contribution in [0.3, 0.4) is 0 Å². The van der Waals surface area contributed by atoms with Crippen LogP contribution in [0, 0.1) is 17.2 Å². The number of nitrogens with zero attached hydrogens (tertiary/aromatic N) is 3. The average Bonchev–Trinajstić information content (AvgIpc) is 3.44. The topological polar surface area (TPSA) is 81.4 Å². The number of carbonyl (C=O) groups excluding carboxylic acids is 2. The SMILES string of the molecule is C[N+](C)(CC(=O)c1ccc(C#N)cc1)C1CCN(C(=O)C(O)(c2ccccc2)C2CCCC2)CC1. The summed E-state index contributed by atoms with van der Waals surface area (Å²) < 4.78 is 0.548. The van der Waals surface area contributed by atoms with Crippen molar-refractivity contribution in [2.24, 2.45) is 5.92 Å². The van der Waals surface area contributed by atoms with Crippen LogP contribution >= 0.6 is 0 Å². The molecule has 0 aromatic heterocycles. The van der Waals surface area contributed by atoms with Crippen LogP contribution in [0.15, 0.2) is 54.6 Å². The molecule has 1 unspecified atom stereocenters. The first-order valence-electron chi connectivity index (χ1n) is 12.7. The summed E-state index contributed by atoms with van der Waals surface area (Å²) in [5, 5.41) is 20.8. The maximum atomic E-state index is 13.8. The third-order valence-electron chi connectivity index (χ3n) is 8.11. The van der Waals surface area contributed by atoms with Crippen LogP contribution < -0.4 is 0 Å². The van der Waals surface area contributed by atoms with Gasteiger partial charge in [-0.3, -0.25) is 9.59 Å². The molecule has 0 radical (unpaired) electrons. The smallest absolute Gasteiger partial charge is 0.259 e. The number of ketones is 1. The van der Waals surface area contributed by atoms with Crippen molar-refractivity contribution in [1.82, 2.24) is 4.90 Å². The van der Waals surface area contributed by atoms with Gasteiger partial charge in [-0.1, -0.05) is 43.2 Å². The summed E-state index contributed by atoms with van der Waals surface area (Å²) in [5.41, 5.74) is 0.386. The van der Waals surface area contributed by atoms with Crippen molar-refractivity contribution in [1.29, 1.82) is 5.26 Å². The second-order valence-electron chi connectivity index (χ2n) is 10.7. The first kappa shape index (κ1) is 25.1. The van der Waals surface area contributed by atoms with Gasteiger partial charge in [0.05, 0.1) is 31.8 Å². The first-order valence-corrected chi connectivity index (χ1v) is 12.7. The maximum Gasteiger partial charge on any atom is 0.259 e. The maximum absolute atomic E-state index is 13.8. The van der Waals surface area contributed by atoms with Gasteiger partial charge in [0.2, 0.25) is 5.78 Å². The molecule has 2 aliphatic rings. The molecule has 4 rings (SSSR count). The highest BCUT2D eigenvalue weighted by Crippen LogP contribution is 2.42. The predicted octanol–water partition coefficient (Wildman–Crippen LogP) is 3.89. The lowest BCUT2D eigenvalue weighted by Gasteiger charge is -2.44. The number of amides is 1. The largest absolute Gasteiger partial charge is 0.375 e. The summed E-state index contributed by atoms with van der Waals surface area (Å²) in [4.78, 5) is 28.5. The first-order chi connectivity index (χ1) is 16.8. The third-order valence-corrected chi connectivity index (χ3v) is 8.11. The molecule has 0 bridgehead atoms. The van der Waals surface area contributed by atoms with Gasteiger partial charge >= 0.3 is 0 Å². The molecule has 1 heterocycles. The highest BCUT2D eigenvalue weighted by atomic mass is 16.3. The zero-order valence-electron chi connectivity index (χ0n) is 20.8. The van der Waals surface area contributed by atoms with Gasteiger partial charge in [0.1, 0.15) is 6.54 Å². The lowest BCUT2D eigenvalue weighted by Crippen LogP contribution is -2.59. The number of hydrogen-bond donors (Lipinski definition) is 1. The molecule has 2 aromatic carbocycles. The molecule has 6 nitrogen and oxygen atoms in total. The van der Waals surface area contributed by atoms with Gasteiger partial charge in [0.15, 0.2) is 5.60 Å². The number of benzene rings is 2. The molecule has 1 saturated carbocycles. The van der Waals surface area contributed by atoms with Gasteiger partial charge in [-0.05, 0) is 42.7 Å². The van der Waals surface area contributed by atoms with Crippen molar-refractivity contribution in [2.45, 2.75) is 50.2 Å². The number of likely N-dealkylation sites (N-methyl/N-ethyl adjacent to an activating group) is 1. The number of Topliss-reactive ketones (excluding diaryl/α,β-unsaturated/α-hetero) is 1. The van der Waals surface area contributed by atoms with E-state index in [4.69, 9.17) is 5.26 Å². The van der Waals surface area contributed by atoms with E-state index in [2.05, 4.69) is 20.2 Å². The third kappa shape index (κ3) is 5.17. The number of likely N-dealkylation sites (tertiary alicyclic amines) is 1. The summed E-state index contributed by atoms with van der Waals surface area (Å²) in [6, 6.07) is 18.5. The lowest BCUT2D eigenvalue weighted by molar-refractivity contribution is -0.908. The van der Waals surface area contributed by atoms with Crippen molar-refractivity contribution in [2.75, 3.05) is 33.7 Å². The van der Waals surface area contributed by atoms with Gasteiger partial charge in [-0.15, -0.1) is 0 Å². The summed E-state index contributed by atoms with van der Waals surface area (Å²) >= 11 is 0. The fourth-order valence-corrected chi connectivity index (χ4v) is 5.90. The van der Waals surface area contributed by atoms with E-state index in [0.717, 1.165) is 38.5 Å². The van der Waals surface area contributed by atoms with E-state index in [1.54, 1.807) is 24.3 Å². The Hall–Kier alpha value is -3.01. The molecule has 2 aromatic rings. The molecule has 184 valence electrons. The zero-order chi connectivity index (χ0) is 25.1. The van der Waals surface area contributed by atoms with E-state index in [9.17, 15) is 14.7 Å². The number of rotatable bonds is 7. The Balaban J connectivity index is 1.42. The Morgan fingerprint density at radius 1 is 1.00 bits per heavy atom. The number of aliphatic hydroxyl groups is 1. The van der Waals surface area contributed by atoms with Crippen molar-refractivity contribution in [3.05, 3.63) is 71.3 Å². The molecule has 1 N–H and O–H groups in total. The Kier molecular flexibility index (Phi) is 7.39. The molecule has 1 aliphatic carbocycles. The molecule has 0 spiro atoms. The molecule has 1 amide bonds. The summed E-state index contributed by atoms with van der Waals surface area (Å²) in [6.45, 7) is 1.52. The Morgan fingerprint density at radius 3 is 2.17 bits per heavy atom. The number of hydrogen-bond acceptors (Lipinski definition) is 4. The summed E-state index contributed by atoms with van der Waals surface area (Å²) in [7, 11) is 4.14. The van der Waals surface area contributed by atoms with E-state index in [1.807, 2.05) is 35.2 Å². The Labute approximate surface area is 208 Å². The Bertz CT molecular complexity index is 1080. The second kappa shape index (κ2) is 10.3. The van der Waals surface area contributed by atoms with Gasteiger partial charge in [0.25, 0.3) is 5.91 Å². The van der Waals surface area contributed by atoms with E-state index in [1.165, 1.54) is 0 Å². The van der Waals surface area contributed by atoms with E-state index in [-0.39, 0.29) is 23.7 Å². The highest BCUT2D eigenvalue weighted by Gasteiger charge is 2.49. The van der Waals surface area contributed by atoms with Crippen molar-refractivity contribution in [3.63, 3.8) is 0 Å². The molecular weight excluding hydrogens is 438 g/mol. The molecule has 1 aliphatic heterocycles. The van der Waals surface area contributed by atoms with Crippen molar-refractivity contribution < 1.29 is 19.2 Å². The molecule has 6 heteroatoms. The number of carbonyl (C=O) groups is 2. The molecular formula is C29H36N3O3+. The van der Waals surface area contributed by atoms with Crippen LogP contribution in [0.1, 0.15) is 60.0 Å². The quantitative estimate of drug-likeness (QED) is 0.488. The van der Waals surface area contributed by atoms with Crippen LogP contribution in [-0.4, -0.2) is 66.0 Å². The monoisotopic (exact) mass is 474 g/mol. The number of quaternary nitrogens is 1. The van der Waals surface area contributed by atoms with Crippen LogP contribution in [-0.2, 0) is 10.4 Å². The predicted molar refractivity (Wildman–Crippen MR) is 134 cm³/mol. The van der Waals surface area contributed by atoms with Crippen molar-refractivity contribution in [3.8, 4) is 6.07 Å². The average molecular weight is 475 g/mol. The molecule has 1 saturated heterocycles. The van der Waals surface area contributed by atoms with E-state index in [0.29, 0.717) is 40.8 Å². The number of nitriles is 1. The van der Waals surface area contributed by atoms with Crippen molar-refractivity contribution >= 4 is 11.7 Å². The lowest BCUT2D eigenvalue weighted by atomic mass is 9.78. The minimum atomic E-state index is -1.47. The summed E-state index contributed by atoms with van der Waals surface area (Å²) in [6.07, 6.45) is 5.41. The van der Waals surface area contributed by atoms with Gasteiger partial charge in [-0.2, -0.15) is 5.26 Å². The highest BCUT2D eigenvalue weighted by molar-refractivity contribution is 5.97.